The lowest BCUT2D eigenvalue weighted by molar-refractivity contribution is 1.59. The summed E-state index contributed by atoms with van der Waals surface area (Å²) < 4.78 is 0. The Kier molecular flexibility index (Phi) is 4.89. The van der Waals surface area contributed by atoms with E-state index in [0.717, 1.165) is 0 Å². The molecule has 0 saturated heterocycles. The van der Waals surface area contributed by atoms with Crippen LogP contribution in [0.3, 0.4) is 0 Å². The second-order valence-corrected chi connectivity index (χ2v) is 9.48. The first-order chi connectivity index (χ1) is 17.8. The van der Waals surface area contributed by atoms with Crippen molar-refractivity contribution in [3.63, 3.8) is 0 Å². The van der Waals surface area contributed by atoms with Gasteiger partial charge in [-0.05, 0) is 102 Å². The second kappa shape index (κ2) is 8.52. The largest absolute Gasteiger partial charge is 0.0616 e. The Balaban J connectivity index is 1.45. The highest BCUT2D eigenvalue weighted by Crippen LogP contribution is 2.36. The van der Waals surface area contributed by atoms with Gasteiger partial charge in [0, 0.05) is 0 Å². The standard InChI is InChI=1S/C36H24/c1-4-10-28-19-31(16-13-25(28)7-1)34-22-35(32-17-14-26-8-2-5-11-29(26)20-32)24-36(23-34)33-18-15-27-9-3-6-12-30(27)21-33/h1-24H. The van der Waals surface area contributed by atoms with E-state index in [1.54, 1.807) is 0 Å². The zero-order chi connectivity index (χ0) is 23.9. The van der Waals surface area contributed by atoms with E-state index >= 15 is 0 Å². The Hall–Kier alpha value is -4.68. The quantitative estimate of drug-likeness (QED) is 0.248. The van der Waals surface area contributed by atoms with Crippen LogP contribution >= 0.6 is 0 Å². The smallest absolute Gasteiger partial charge is 0.0171 e. The maximum atomic E-state index is 2.33. The molecule has 0 N–H and O–H groups in total. The molecule has 0 saturated carbocycles. The summed E-state index contributed by atoms with van der Waals surface area (Å²) in [5.41, 5.74) is 7.40. The maximum absolute atomic E-state index is 2.33. The van der Waals surface area contributed by atoms with Gasteiger partial charge in [0.2, 0.25) is 0 Å². The number of fused-ring (bicyclic) bond motifs is 3. The molecule has 168 valence electrons. The molecular formula is C36H24. The molecule has 0 aliphatic rings. The zero-order valence-electron chi connectivity index (χ0n) is 19.9. The molecule has 0 unspecified atom stereocenters. The molecule has 0 aliphatic heterocycles. The fourth-order valence-corrected chi connectivity index (χ4v) is 5.23. The van der Waals surface area contributed by atoms with Gasteiger partial charge in [0.25, 0.3) is 0 Å². The molecule has 0 heteroatoms. The molecular weight excluding hydrogens is 432 g/mol. The van der Waals surface area contributed by atoms with Gasteiger partial charge in [-0.15, -0.1) is 0 Å². The molecule has 0 atom stereocenters. The first-order valence-corrected chi connectivity index (χ1v) is 12.4. The van der Waals surface area contributed by atoms with Crippen molar-refractivity contribution < 1.29 is 0 Å². The normalized spacial score (nSPS) is 11.3. The number of hydrogen-bond acceptors (Lipinski definition) is 0. The van der Waals surface area contributed by atoms with E-state index in [4.69, 9.17) is 0 Å². The average molecular weight is 457 g/mol. The molecule has 0 amide bonds. The van der Waals surface area contributed by atoms with Crippen molar-refractivity contribution in [3.05, 3.63) is 146 Å². The summed E-state index contributed by atoms with van der Waals surface area (Å²) in [6, 6.07) is 53.0. The SMILES string of the molecule is c1ccc2cc(-c3cc(-c4ccc5ccccc5c4)cc(-c4ccc5ccccc5c4)c3)ccc2c1. The van der Waals surface area contributed by atoms with Crippen LogP contribution in [0.5, 0.6) is 0 Å². The number of rotatable bonds is 3. The van der Waals surface area contributed by atoms with E-state index in [-0.39, 0.29) is 0 Å². The number of benzene rings is 7. The molecule has 36 heavy (non-hydrogen) atoms. The Morgan fingerprint density at radius 2 is 0.472 bits per heavy atom. The van der Waals surface area contributed by atoms with Crippen molar-refractivity contribution in [2.75, 3.05) is 0 Å². The zero-order valence-corrected chi connectivity index (χ0v) is 19.9. The molecule has 0 aromatic heterocycles. The monoisotopic (exact) mass is 456 g/mol. The van der Waals surface area contributed by atoms with E-state index in [1.165, 1.54) is 65.7 Å². The molecule has 0 fully saturated rings. The molecule has 0 heterocycles. The fourth-order valence-electron chi connectivity index (χ4n) is 5.23. The van der Waals surface area contributed by atoms with Gasteiger partial charge in [0.15, 0.2) is 0 Å². The average Bonchev–Trinajstić information content (AvgIpc) is 2.96. The summed E-state index contributed by atoms with van der Waals surface area (Å²) in [5.74, 6) is 0. The maximum Gasteiger partial charge on any atom is -0.0171 e. The molecule has 7 rings (SSSR count). The van der Waals surface area contributed by atoms with E-state index in [1.807, 2.05) is 0 Å². The highest BCUT2D eigenvalue weighted by molar-refractivity contribution is 5.93. The third kappa shape index (κ3) is 3.74. The van der Waals surface area contributed by atoms with Gasteiger partial charge in [0.1, 0.15) is 0 Å². The highest BCUT2D eigenvalue weighted by Gasteiger charge is 2.09. The minimum Gasteiger partial charge on any atom is -0.0616 e. The lowest BCUT2D eigenvalue weighted by Gasteiger charge is -2.13. The number of hydrogen-bond donors (Lipinski definition) is 0. The van der Waals surface area contributed by atoms with Crippen LogP contribution in [-0.2, 0) is 0 Å². The van der Waals surface area contributed by atoms with Crippen molar-refractivity contribution in [2.24, 2.45) is 0 Å². The van der Waals surface area contributed by atoms with Crippen LogP contribution < -0.4 is 0 Å². The topological polar surface area (TPSA) is 0 Å². The van der Waals surface area contributed by atoms with E-state index in [9.17, 15) is 0 Å². The summed E-state index contributed by atoms with van der Waals surface area (Å²) in [5, 5.41) is 7.58. The molecule has 0 aliphatic carbocycles. The van der Waals surface area contributed by atoms with Crippen LogP contribution in [0.2, 0.25) is 0 Å². The second-order valence-electron chi connectivity index (χ2n) is 9.48. The van der Waals surface area contributed by atoms with Crippen LogP contribution in [0.1, 0.15) is 0 Å². The van der Waals surface area contributed by atoms with Crippen molar-refractivity contribution in [3.8, 4) is 33.4 Å². The summed E-state index contributed by atoms with van der Waals surface area (Å²) in [7, 11) is 0. The molecule has 7 aromatic rings. The van der Waals surface area contributed by atoms with Crippen LogP contribution in [0.25, 0.3) is 65.7 Å². The summed E-state index contributed by atoms with van der Waals surface area (Å²) >= 11 is 0. The van der Waals surface area contributed by atoms with E-state index in [2.05, 4.69) is 146 Å². The summed E-state index contributed by atoms with van der Waals surface area (Å²) in [6.07, 6.45) is 0. The van der Waals surface area contributed by atoms with Gasteiger partial charge in [0.05, 0.1) is 0 Å². The van der Waals surface area contributed by atoms with Crippen LogP contribution in [-0.4, -0.2) is 0 Å². The predicted octanol–water partition coefficient (Wildman–Crippen LogP) is 10.1. The van der Waals surface area contributed by atoms with E-state index in [0.29, 0.717) is 0 Å². The van der Waals surface area contributed by atoms with Crippen molar-refractivity contribution >= 4 is 32.3 Å². The summed E-state index contributed by atoms with van der Waals surface area (Å²) in [4.78, 5) is 0. The molecule has 7 aromatic carbocycles. The minimum absolute atomic E-state index is 1.23. The minimum atomic E-state index is 1.23. The lowest BCUT2D eigenvalue weighted by atomic mass is 9.91. The first kappa shape index (κ1) is 20.7. The van der Waals surface area contributed by atoms with Gasteiger partial charge in [-0.3, -0.25) is 0 Å². The Bertz CT molecular complexity index is 1660. The van der Waals surface area contributed by atoms with Crippen molar-refractivity contribution in [1.82, 2.24) is 0 Å². The molecule has 0 spiro atoms. The third-order valence-electron chi connectivity index (χ3n) is 7.18. The van der Waals surface area contributed by atoms with Crippen molar-refractivity contribution in [2.45, 2.75) is 0 Å². The van der Waals surface area contributed by atoms with Gasteiger partial charge in [-0.1, -0.05) is 109 Å². The van der Waals surface area contributed by atoms with Gasteiger partial charge in [-0.25, -0.2) is 0 Å². The van der Waals surface area contributed by atoms with Gasteiger partial charge >= 0.3 is 0 Å². The van der Waals surface area contributed by atoms with Gasteiger partial charge in [-0.2, -0.15) is 0 Å². The third-order valence-corrected chi connectivity index (χ3v) is 7.18. The Morgan fingerprint density at radius 3 is 0.778 bits per heavy atom. The first-order valence-electron chi connectivity index (χ1n) is 12.4. The molecule has 0 nitrogen and oxygen atoms in total. The fraction of sp³-hybridized carbons (Fsp3) is 0. The van der Waals surface area contributed by atoms with Gasteiger partial charge < -0.3 is 0 Å². The van der Waals surface area contributed by atoms with Crippen LogP contribution in [0.15, 0.2) is 146 Å². The summed E-state index contributed by atoms with van der Waals surface area (Å²) in [6.45, 7) is 0. The lowest BCUT2D eigenvalue weighted by Crippen LogP contribution is -1.87. The predicted molar refractivity (Wildman–Crippen MR) is 155 cm³/mol. The Morgan fingerprint density at radius 1 is 0.194 bits per heavy atom. The van der Waals surface area contributed by atoms with E-state index < -0.39 is 0 Å². The van der Waals surface area contributed by atoms with Crippen LogP contribution in [0.4, 0.5) is 0 Å². The highest BCUT2D eigenvalue weighted by atomic mass is 14.1. The van der Waals surface area contributed by atoms with Crippen LogP contribution in [0, 0.1) is 0 Å². The molecule has 0 radical (unpaired) electrons. The Labute approximate surface area is 211 Å². The molecule has 0 bridgehead atoms. The van der Waals surface area contributed by atoms with Crippen molar-refractivity contribution in [1.29, 1.82) is 0 Å².